The molecule has 1 aromatic rings. The Kier molecular flexibility index (Phi) is 4.56. The van der Waals surface area contributed by atoms with Crippen molar-refractivity contribution in [2.24, 2.45) is 0 Å². The fraction of sp³-hybridized carbons (Fsp3) is 0.500. The van der Waals surface area contributed by atoms with E-state index in [0.717, 1.165) is 0 Å². The van der Waals surface area contributed by atoms with E-state index in [2.05, 4.69) is 10.1 Å². The summed E-state index contributed by atoms with van der Waals surface area (Å²) in [5.74, 6) is -0.164. The van der Waals surface area contributed by atoms with Crippen molar-refractivity contribution in [3.8, 4) is 0 Å². The first-order valence-corrected chi connectivity index (χ1v) is 4.85. The largest absolute Gasteiger partial charge is 0.467 e. The van der Waals surface area contributed by atoms with Gasteiger partial charge in [-0.25, -0.2) is 4.79 Å². The summed E-state index contributed by atoms with van der Waals surface area (Å²) in [6.45, 7) is -0.0647. The normalized spacial score (nSPS) is 11.5. The van der Waals surface area contributed by atoms with Crippen molar-refractivity contribution in [1.82, 2.24) is 5.32 Å². The fourth-order valence-electron chi connectivity index (χ4n) is 1.14. The van der Waals surface area contributed by atoms with Crippen LogP contribution in [-0.2, 0) is 11.3 Å². The molecule has 0 aliphatic carbocycles. The maximum Gasteiger partial charge on any atom is 0.390 e. The number of furan rings is 1. The second-order valence-corrected chi connectivity index (χ2v) is 3.34. The molecule has 0 spiro atoms. The molecule has 0 bridgehead atoms. The summed E-state index contributed by atoms with van der Waals surface area (Å²) in [5.41, 5.74) is 0.236. The van der Waals surface area contributed by atoms with E-state index in [9.17, 15) is 18.0 Å². The molecule has 0 aliphatic rings. The van der Waals surface area contributed by atoms with Crippen LogP contribution in [0, 0.1) is 0 Å². The number of nitrogens with one attached hydrogen (secondary N) is 1. The predicted octanol–water partition coefficient (Wildman–Crippen LogP) is 2.11. The quantitative estimate of drug-likeness (QED) is 0.643. The predicted molar refractivity (Wildman–Crippen MR) is 52.4 cm³/mol. The topological polar surface area (TPSA) is 51.5 Å². The Hall–Kier alpha value is -1.50. The van der Waals surface area contributed by atoms with Crippen LogP contribution in [-0.4, -0.2) is 25.8 Å². The molecule has 1 rings (SSSR count). The first-order valence-electron chi connectivity index (χ1n) is 4.85. The van der Waals surface area contributed by atoms with Gasteiger partial charge in [-0.05, 0) is 6.07 Å². The minimum Gasteiger partial charge on any atom is -0.467 e. The van der Waals surface area contributed by atoms with Crippen LogP contribution in [0.25, 0.3) is 0 Å². The monoisotopic (exact) mass is 251 g/mol. The van der Waals surface area contributed by atoms with Gasteiger partial charge >= 0.3 is 12.1 Å². The smallest absolute Gasteiger partial charge is 0.390 e. The molecule has 0 unspecified atom stereocenters. The first kappa shape index (κ1) is 13.6. The van der Waals surface area contributed by atoms with E-state index < -0.39 is 18.6 Å². The Morgan fingerprint density at radius 2 is 2.24 bits per heavy atom. The average molecular weight is 251 g/mol. The Labute approximate surface area is 95.7 Å². The van der Waals surface area contributed by atoms with Crippen molar-refractivity contribution in [3.63, 3.8) is 0 Å². The maximum atomic E-state index is 11.8. The number of methoxy groups -OCH3 is 1. The standard InChI is InChI=1S/C10H12F3NO3/c1-16-9(15)7-4-8(17-6-7)5-14-3-2-10(11,12)13/h4,6,14H,2-3,5H2,1H3. The molecule has 17 heavy (non-hydrogen) atoms. The van der Waals surface area contributed by atoms with Gasteiger partial charge in [0, 0.05) is 6.54 Å². The molecular weight excluding hydrogens is 239 g/mol. The zero-order valence-electron chi connectivity index (χ0n) is 9.13. The minimum absolute atomic E-state index is 0.132. The van der Waals surface area contributed by atoms with Gasteiger partial charge < -0.3 is 14.5 Å². The average Bonchev–Trinajstić information content (AvgIpc) is 2.70. The summed E-state index contributed by atoms with van der Waals surface area (Å²) in [6.07, 6.45) is -3.88. The van der Waals surface area contributed by atoms with Gasteiger partial charge in [-0.1, -0.05) is 0 Å². The van der Waals surface area contributed by atoms with Crippen molar-refractivity contribution in [2.45, 2.75) is 19.1 Å². The van der Waals surface area contributed by atoms with Crippen LogP contribution in [0.1, 0.15) is 22.5 Å². The van der Waals surface area contributed by atoms with E-state index in [-0.39, 0.29) is 18.7 Å². The molecule has 0 aliphatic heterocycles. The van der Waals surface area contributed by atoms with Crippen LogP contribution in [0.5, 0.6) is 0 Å². The molecule has 1 aromatic heterocycles. The summed E-state index contributed by atoms with van der Waals surface area (Å²) < 4.78 is 44.9. The summed E-state index contributed by atoms with van der Waals surface area (Å²) in [7, 11) is 1.23. The van der Waals surface area contributed by atoms with Crippen molar-refractivity contribution < 1.29 is 27.1 Å². The Bertz CT molecular complexity index is 373. The van der Waals surface area contributed by atoms with Gasteiger partial charge in [0.1, 0.15) is 12.0 Å². The van der Waals surface area contributed by atoms with Gasteiger partial charge in [-0.2, -0.15) is 13.2 Å². The molecule has 0 amide bonds. The molecular formula is C10H12F3NO3. The zero-order chi connectivity index (χ0) is 12.9. The van der Waals surface area contributed by atoms with Crippen LogP contribution in [0.15, 0.2) is 16.7 Å². The molecule has 0 aromatic carbocycles. The molecule has 0 fully saturated rings. The molecule has 0 radical (unpaired) electrons. The molecule has 96 valence electrons. The maximum absolute atomic E-state index is 11.8. The molecule has 1 N–H and O–H groups in total. The van der Waals surface area contributed by atoms with E-state index in [1.807, 2.05) is 0 Å². The molecule has 4 nitrogen and oxygen atoms in total. The number of carbonyl (C=O) groups is 1. The lowest BCUT2D eigenvalue weighted by Crippen LogP contribution is -2.21. The first-order chi connectivity index (χ1) is 7.92. The minimum atomic E-state index is -4.17. The summed E-state index contributed by atoms with van der Waals surface area (Å²) >= 11 is 0. The molecule has 7 heteroatoms. The molecule has 0 saturated heterocycles. The van der Waals surface area contributed by atoms with Crippen molar-refractivity contribution in [3.05, 3.63) is 23.7 Å². The number of ether oxygens (including phenoxy) is 1. The van der Waals surface area contributed by atoms with E-state index in [1.165, 1.54) is 19.4 Å². The van der Waals surface area contributed by atoms with Gasteiger partial charge in [0.25, 0.3) is 0 Å². The van der Waals surface area contributed by atoms with Crippen molar-refractivity contribution in [2.75, 3.05) is 13.7 Å². The second-order valence-electron chi connectivity index (χ2n) is 3.34. The highest BCUT2D eigenvalue weighted by Gasteiger charge is 2.25. The number of hydrogen-bond acceptors (Lipinski definition) is 4. The third-order valence-corrected chi connectivity index (χ3v) is 1.96. The fourth-order valence-corrected chi connectivity index (χ4v) is 1.14. The van der Waals surface area contributed by atoms with Gasteiger partial charge in [0.05, 0.1) is 25.6 Å². The van der Waals surface area contributed by atoms with Gasteiger partial charge in [0.15, 0.2) is 0 Å². The Morgan fingerprint density at radius 3 is 2.82 bits per heavy atom. The van der Waals surface area contributed by atoms with E-state index >= 15 is 0 Å². The van der Waals surface area contributed by atoms with Crippen LogP contribution in [0.3, 0.4) is 0 Å². The number of alkyl halides is 3. The third-order valence-electron chi connectivity index (χ3n) is 1.96. The lowest BCUT2D eigenvalue weighted by atomic mass is 10.3. The highest BCUT2D eigenvalue weighted by molar-refractivity contribution is 5.88. The van der Waals surface area contributed by atoms with E-state index in [4.69, 9.17) is 4.42 Å². The highest BCUT2D eigenvalue weighted by Crippen LogP contribution is 2.18. The summed E-state index contributed by atoms with van der Waals surface area (Å²) in [5, 5.41) is 2.56. The van der Waals surface area contributed by atoms with E-state index in [1.54, 1.807) is 0 Å². The Balaban J connectivity index is 2.33. The lowest BCUT2D eigenvalue weighted by molar-refractivity contribution is -0.133. The number of rotatable bonds is 5. The number of carbonyl (C=O) groups excluding carboxylic acids is 1. The highest BCUT2D eigenvalue weighted by atomic mass is 19.4. The van der Waals surface area contributed by atoms with Crippen molar-refractivity contribution in [1.29, 1.82) is 0 Å². The number of hydrogen-bond donors (Lipinski definition) is 1. The second kappa shape index (κ2) is 5.72. The Morgan fingerprint density at radius 1 is 1.53 bits per heavy atom. The SMILES string of the molecule is COC(=O)c1coc(CNCCC(F)(F)F)c1. The molecule has 0 atom stereocenters. The zero-order valence-corrected chi connectivity index (χ0v) is 9.13. The molecule has 0 saturated carbocycles. The van der Waals surface area contributed by atoms with E-state index in [0.29, 0.717) is 5.76 Å². The molecule has 1 heterocycles. The number of esters is 1. The van der Waals surface area contributed by atoms with Crippen LogP contribution in [0.2, 0.25) is 0 Å². The van der Waals surface area contributed by atoms with Crippen LogP contribution < -0.4 is 5.32 Å². The van der Waals surface area contributed by atoms with Gasteiger partial charge in [0.2, 0.25) is 0 Å². The summed E-state index contributed by atoms with van der Waals surface area (Å²) in [6, 6.07) is 1.42. The van der Waals surface area contributed by atoms with Crippen molar-refractivity contribution >= 4 is 5.97 Å². The van der Waals surface area contributed by atoms with Crippen LogP contribution in [0.4, 0.5) is 13.2 Å². The lowest BCUT2D eigenvalue weighted by Gasteiger charge is -2.05. The number of halogens is 3. The summed E-state index contributed by atoms with van der Waals surface area (Å²) in [4.78, 5) is 11.0. The van der Waals surface area contributed by atoms with Gasteiger partial charge in [-0.3, -0.25) is 0 Å². The third kappa shape index (κ3) is 4.90. The van der Waals surface area contributed by atoms with Gasteiger partial charge in [-0.15, -0.1) is 0 Å². The van der Waals surface area contributed by atoms with Crippen LogP contribution >= 0.6 is 0 Å².